The van der Waals surface area contributed by atoms with E-state index in [9.17, 15) is 0 Å². The van der Waals surface area contributed by atoms with Crippen molar-refractivity contribution in [3.63, 3.8) is 0 Å². The van der Waals surface area contributed by atoms with Gasteiger partial charge in [-0.2, -0.15) is 0 Å². The maximum absolute atomic E-state index is 3.57. The number of likely N-dealkylation sites (tertiary alicyclic amines) is 1. The van der Waals surface area contributed by atoms with Gasteiger partial charge in [-0.15, -0.1) is 11.3 Å². The lowest BCUT2D eigenvalue weighted by Gasteiger charge is -2.29. The topological polar surface area (TPSA) is 15.3 Å². The average Bonchev–Trinajstić information content (AvgIpc) is 2.64. The fourth-order valence-electron chi connectivity index (χ4n) is 2.29. The number of thiophene rings is 1. The molecule has 1 atom stereocenters. The molecule has 1 aromatic heterocycles. The first kappa shape index (κ1) is 12.6. The second-order valence-corrected chi connectivity index (χ2v) is 7.15. The summed E-state index contributed by atoms with van der Waals surface area (Å²) in [6.45, 7) is 4.69. The predicted octanol–water partition coefficient (Wildman–Crippen LogP) is 2.94. The number of nitrogens with one attached hydrogen (secondary N) is 1. The molecule has 1 aliphatic rings. The molecule has 16 heavy (non-hydrogen) atoms. The molecule has 0 radical (unpaired) electrons. The van der Waals surface area contributed by atoms with Crippen molar-refractivity contribution < 1.29 is 0 Å². The molecule has 0 amide bonds. The average molecular weight is 303 g/mol. The fraction of sp³-hybridized carbons (Fsp3) is 0.667. The van der Waals surface area contributed by atoms with Gasteiger partial charge in [0.05, 0.1) is 3.79 Å². The first-order valence-corrected chi connectivity index (χ1v) is 7.48. The van der Waals surface area contributed by atoms with Gasteiger partial charge in [0.15, 0.2) is 0 Å². The Balaban J connectivity index is 1.67. The zero-order chi connectivity index (χ0) is 11.4. The van der Waals surface area contributed by atoms with Crippen molar-refractivity contribution in [1.82, 2.24) is 10.2 Å². The minimum absolute atomic E-state index is 0.835. The first-order valence-electron chi connectivity index (χ1n) is 5.87. The lowest BCUT2D eigenvalue weighted by Crippen LogP contribution is -2.37. The summed E-state index contributed by atoms with van der Waals surface area (Å²) < 4.78 is 1.22. The summed E-state index contributed by atoms with van der Waals surface area (Å²) in [5.41, 5.74) is 0. The number of piperidine rings is 1. The third kappa shape index (κ3) is 3.84. The molecular weight excluding hydrogens is 284 g/mol. The van der Waals surface area contributed by atoms with Crippen LogP contribution in [0.3, 0.4) is 0 Å². The van der Waals surface area contributed by atoms with Crippen molar-refractivity contribution in [2.24, 2.45) is 5.92 Å². The van der Waals surface area contributed by atoms with Gasteiger partial charge in [0.25, 0.3) is 0 Å². The van der Waals surface area contributed by atoms with Crippen LogP contribution >= 0.6 is 27.3 Å². The number of nitrogens with zero attached hydrogens (tertiary/aromatic N) is 1. The zero-order valence-corrected chi connectivity index (χ0v) is 12.1. The summed E-state index contributed by atoms with van der Waals surface area (Å²) >= 11 is 5.31. The molecule has 2 rings (SSSR count). The normalized spacial score (nSPS) is 22.5. The van der Waals surface area contributed by atoms with E-state index < -0.39 is 0 Å². The highest BCUT2D eigenvalue weighted by molar-refractivity contribution is 9.11. The van der Waals surface area contributed by atoms with E-state index in [1.165, 1.54) is 34.6 Å². The van der Waals surface area contributed by atoms with Crippen LogP contribution in [0.4, 0.5) is 0 Å². The van der Waals surface area contributed by atoms with Gasteiger partial charge in [-0.25, -0.2) is 0 Å². The van der Waals surface area contributed by atoms with Crippen molar-refractivity contribution in [2.75, 3.05) is 26.7 Å². The van der Waals surface area contributed by atoms with Gasteiger partial charge >= 0.3 is 0 Å². The van der Waals surface area contributed by atoms with E-state index in [0.717, 1.165) is 19.0 Å². The SMILES string of the molecule is CN1CCCC(CNCc2ccc(Br)s2)C1. The molecule has 0 bridgehead atoms. The Hall–Kier alpha value is 0.1000. The number of hydrogen-bond donors (Lipinski definition) is 1. The van der Waals surface area contributed by atoms with Gasteiger partial charge in [-0.05, 0) is 67.0 Å². The lowest BCUT2D eigenvalue weighted by atomic mass is 9.98. The summed E-state index contributed by atoms with van der Waals surface area (Å²) in [7, 11) is 2.22. The van der Waals surface area contributed by atoms with Gasteiger partial charge in [0, 0.05) is 18.0 Å². The van der Waals surface area contributed by atoms with Crippen LogP contribution in [0.1, 0.15) is 17.7 Å². The quantitative estimate of drug-likeness (QED) is 0.920. The summed E-state index contributed by atoms with van der Waals surface area (Å²) in [5.74, 6) is 0.835. The molecule has 1 fully saturated rings. The number of rotatable bonds is 4. The van der Waals surface area contributed by atoms with Gasteiger partial charge < -0.3 is 10.2 Å². The molecule has 4 heteroatoms. The summed E-state index contributed by atoms with van der Waals surface area (Å²) in [4.78, 5) is 3.86. The molecule has 0 spiro atoms. The van der Waals surface area contributed by atoms with Crippen molar-refractivity contribution in [1.29, 1.82) is 0 Å². The molecule has 0 aliphatic carbocycles. The van der Waals surface area contributed by atoms with E-state index in [1.807, 2.05) is 11.3 Å². The van der Waals surface area contributed by atoms with Crippen molar-refractivity contribution in [3.8, 4) is 0 Å². The largest absolute Gasteiger partial charge is 0.312 e. The van der Waals surface area contributed by atoms with Gasteiger partial charge in [-0.3, -0.25) is 0 Å². The van der Waals surface area contributed by atoms with Crippen LogP contribution in [0.2, 0.25) is 0 Å². The highest BCUT2D eigenvalue weighted by Gasteiger charge is 2.16. The van der Waals surface area contributed by atoms with Crippen LogP contribution in [0, 0.1) is 5.92 Å². The van der Waals surface area contributed by atoms with E-state index in [2.05, 4.69) is 45.3 Å². The molecule has 0 aromatic carbocycles. The van der Waals surface area contributed by atoms with E-state index >= 15 is 0 Å². The van der Waals surface area contributed by atoms with E-state index in [-0.39, 0.29) is 0 Å². The Morgan fingerprint density at radius 1 is 1.56 bits per heavy atom. The van der Waals surface area contributed by atoms with Gasteiger partial charge in [0.1, 0.15) is 0 Å². The van der Waals surface area contributed by atoms with E-state index in [1.54, 1.807) is 0 Å². The summed E-state index contributed by atoms with van der Waals surface area (Å²) in [6, 6.07) is 4.31. The maximum Gasteiger partial charge on any atom is 0.0701 e. The Kier molecular flexibility index (Phi) is 4.82. The molecule has 90 valence electrons. The summed E-state index contributed by atoms with van der Waals surface area (Å²) in [6.07, 6.45) is 2.73. The molecule has 2 heterocycles. The predicted molar refractivity (Wildman–Crippen MR) is 73.9 cm³/mol. The molecule has 2 nitrogen and oxygen atoms in total. The van der Waals surface area contributed by atoms with Crippen molar-refractivity contribution in [2.45, 2.75) is 19.4 Å². The highest BCUT2D eigenvalue weighted by Crippen LogP contribution is 2.22. The minimum Gasteiger partial charge on any atom is -0.312 e. The maximum atomic E-state index is 3.57. The van der Waals surface area contributed by atoms with Crippen LogP contribution in [-0.4, -0.2) is 31.6 Å². The molecule has 1 aromatic rings. The van der Waals surface area contributed by atoms with Gasteiger partial charge in [0.2, 0.25) is 0 Å². The second kappa shape index (κ2) is 6.15. The Morgan fingerprint density at radius 2 is 2.44 bits per heavy atom. The molecule has 1 N–H and O–H groups in total. The lowest BCUT2D eigenvalue weighted by molar-refractivity contribution is 0.206. The summed E-state index contributed by atoms with van der Waals surface area (Å²) in [5, 5.41) is 3.57. The third-order valence-corrected chi connectivity index (χ3v) is 4.71. The molecular formula is C12H19BrN2S. The van der Waals surface area contributed by atoms with Gasteiger partial charge in [-0.1, -0.05) is 0 Å². The minimum atomic E-state index is 0.835. The highest BCUT2D eigenvalue weighted by atomic mass is 79.9. The van der Waals surface area contributed by atoms with E-state index in [0.29, 0.717) is 0 Å². The molecule has 1 aliphatic heterocycles. The Morgan fingerprint density at radius 3 is 3.12 bits per heavy atom. The molecule has 0 saturated carbocycles. The van der Waals surface area contributed by atoms with Crippen molar-refractivity contribution >= 4 is 27.3 Å². The monoisotopic (exact) mass is 302 g/mol. The Labute approximate surface area is 110 Å². The van der Waals surface area contributed by atoms with Crippen LogP contribution in [0.25, 0.3) is 0 Å². The van der Waals surface area contributed by atoms with E-state index in [4.69, 9.17) is 0 Å². The zero-order valence-electron chi connectivity index (χ0n) is 9.71. The fourth-order valence-corrected chi connectivity index (χ4v) is 3.74. The van der Waals surface area contributed by atoms with Crippen LogP contribution in [0.5, 0.6) is 0 Å². The number of hydrogen-bond acceptors (Lipinski definition) is 3. The second-order valence-electron chi connectivity index (χ2n) is 4.61. The standard InChI is InChI=1S/C12H19BrN2S/c1-15-6-2-3-10(9-15)7-14-8-11-4-5-12(13)16-11/h4-5,10,14H,2-3,6-9H2,1H3. The van der Waals surface area contributed by atoms with Crippen LogP contribution in [-0.2, 0) is 6.54 Å². The molecule has 1 saturated heterocycles. The smallest absolute Gasteiger partial charge is 0.0701 e. The van der Waals surface area contributed by atoms with Crippen LogP contribution in [0.15, 0.2) is 15.9 Å². The molecule has 1 unspecified atom stereocenters. The third-order valence-electron chi connectivity index (χ3n) is 3.08. The van der Waals surface area contributed by atoms with Crippen molar-refractivity contribution in [3.05, 3.63) is 20.8 Å². The Bertz CT molecular complexity index is 327. The first-order chi connectivity index (χ1) is 7.74. The van der Waals surface area contributed by atoms with Crippen LogP contribution < -0.4 is 5.32 Å². The number of halogens is 1.